The van der Waals surface area contributed by atoms with Crippen molar-refractivity contribution in [3.63, 3.8) is 0 Å². The normalized spacial score (nSPS) is 25.7. The summed E-state index contributed by atoms with van der Waals surface area (Å²) >= 11 is 0. The zero-order valence-corrected chi connectivity index (χ0v) is 19.8. The third-order valence-corrected chi connectivity index (χ3v) is 7.21. The molecule has 5 rings (SSSR count). The number of fused-ring (bicyclic) bond motifs is 1. The van der Waals surface area contributed by atoms with E-state index in [9.17, 15) is 0 Å². The Labute approximate surface area is 192 Å². The Kier molecular flexibility index (Phi) is 6.44. The Hall–Kier alpha value is -2.02. The first kappa shape index (κ1) is 21.8. The molecule has 6 heteroatoms. The lowest BCUT2D eigenvalue weighted by atomic mass is 9.99. The first-order valence-corrected chi connectivity index (χ1v) is 12.3. The second-order valence-corrected chi connectivity index (χ2v) is 9.90. The first-order chi connectivity index (χ1) is 15.5. The molecule has 0 N–H and O–H groups in total. The molecule has 2 aromatic rings. The molecular weight excluding hydrogens is 398 g/mol. The fourth-order valence-corrected chi connectivity index (χ4v) is 5.77. The van der Waals surface area contributed by atoms with E-state index in [0.29, 0.717) is 18.2 Å². The highest BCUT2D eigenvalue weighted by Gasteiger charge is 2.32. The molecule has 2 atom stereocenters. The molecule has 2 fully saturated rings. The lowest BCUT2D eigenvalue weighted by Crippen LogP contribution is -2.53. The van der Waals surface area contributed by atoms with Gasteiger partial charge in [0.05, 0.1) is 17.9 Å². The number of benzene rings is 1. The number of anilines is 1. The van der Waals surface area contributed by atoms with Crippen LogP contribution >= 0.6 is 0 Å². The molecule has 172 valence electrons. The van der Waals surface area contributed by atoms with E-state index in [1.165, 1.54) is 35.5 Å². The molecule has 3 aliphatic heterocycles. The predicted molar refractivity (Wildman–Crippen MR) is 128 cm³/mol. The summed E-state index contributed by atoms with van der Waals surface area (Å²) in [6, 6.07) is 11.5. The number of aryl methyl sites for hydroxylation is 1. The minimum Gasteiger partial charge on any atom is -0.373 e. The van der Waals surface area contributed by atoms with Crippen molar-refractivity contribution in [1.82, 2.24) is 19.8 Å². The molecule has 1 aromatic heterocycles. The maximum absolute atomic E-state index is 5.95. The Morgan fingerprint density at radius 1 is 0.969 bits per heavy atom. The molecule has 0 amide bonds. The largest absolute Gasteiger partial charge is 0.373 e. The lowest BCUT2D eigenvalue weighted by Gasteiger charge is -2.44. The van der Waals surface area contributed by atoms with Gasteiger partial charge in [-0.15, -0.1) is 0 Å². The van der Waals surface area contributed by atoms with Crippen LogP contribution in [0.3, 0.4) is 0 Å². The average Bonchev–Trinajstić information content (AvgIpc) is 2.79. The summed E-state index contributed by atoms with van der Waals surface area (Å²) in [4.78, 5) is 17.5. The van der Waals surface area contributed by atoms with Crippen LogP contribution in [0, 0.1) is 6.92 Å². The van der Waals surface area contributed by atoms with Crippen LogP contribution in [-0.2, 0) is 24.2 Å². The maximum Gasteiger partial charge on any atom is 0.137 e. The molecule has 2 saturated heterocycles. The van der Waals surface area contributed by atoms with E-state index in [-0.39, 0.29) is 0 Å². The van der Waals surface area contributed by atoms with E-state index in [0.717, 1.165) is 58.1 Å². The van der Waals surface area contributed by atoms with Crippen molar-refractivity contribution in [3.05, 3.63) is 53.0 Å². The molecule has 0 radical (unpaired) electrons. The minimum atomic E-state index is 0.337. The van der Waals surface area contributed by atoms with Crippen LogP contribution in [0.5, 0.6) is 0 Å². The molecule has 1 aromatic carbocycles. The molecular formula is C26H37N5O. The van der Waals surface area contributed by atoms with Crippen molar-refractivity contribution in [2.45, 2.75) is 71.4 Å². The lowest BCUT2D eigenvalue weighted by molar-refractivity contribution is -0.0826. The van der Waals surface area contributed by atoms with Gasteiger partial charge in [-0.1, -0.05) is 30.3 Å². The van der Waals surface area contributed by atoms with Gasteiger partial charge in [-0.2, -0.15) is 0 Å². The van der Waals surface area contributed by atoms with E-state index in [1.807, 2.05) is 6.92 Å². The summed E-state index contributed by atoms with van der Waals surface area (Å²) in [5, 5.41) is 0. The van der Waals surface area contributed by atoms with Crippen LogP contribution in [0.4, 0.5) is 5.82 Å². The Balaban J connectivity index is 1.28. The summed E-state index contributed by atoms with van der Waals surface area (Å²) in [6.07, 6.45) is 4.09. The van der Waals surface area contributed by atoms with Crippen molar-refractivity contribution in [3.8, 4) is 0 Å². The van der Waals surface area contributed by atoms with Gasteiger partial charge in [-0.3, -0.25) is 9.80 Å². The predicted octanol–water partition coefficient (Wildman–Crippen LogP) is 3.42. The summed E-state index contributed by atoms with van der Waals surface area (Å²) in [6.45, 7) is 13.7. The fraction of sp³-hybridized carbons (Fsp3) is 0.615. The van der Waals surface area contributed by atoms with Crippen LogP contribution in [0.1, 0.15) is 49.3 Å². The van der Waals surface area contributed by atoms with Gasteiger partial charge in [0, 0.05) is 63.8 Å². The van der Waals surface area contributed by atoms with Gasteiger partial charge in [-0.05, 0) is 39.2 Å². The minimum absolute atomic E-state index is 0.337. The Bertz CT molecular complexity index is 902. The molecule has 4 heterocycles. The van der Waals surface area contributed by atoms with Crippen LogP contribution in [0.15, 0.2) is 30.3 Å². The highest BCUT2D eigenvalue weighted by Crippen LogP contribution is 2.31. The van der Waals surface area contributed by atoms with Gasteiger partial charge >= 0.3 is 0 Å². The topological polar surface area (TPSA) is 44.7 Å². The van der Waals surface area contributed by atoms with Gasteiger partial charge < -0.3 is 9.64 Å². The fourth-order valence-electron chi connectivity index (χ4n) is 5.77. The van der Waals surface area contributed by atoms with Gasteiger partial charge in [0.2, 0.25) is 0 Å². The van der Waals surface area contributed by atoms with Crippen molar-refractivity contribution in [2.75, 3.05) is 37.6 Å². The van der Waals surface area contributed by atoms with Crippen molar-refractivity contribution in [1.29, 1.82) is 0 Å². The average molecular weight is 436 g/mol. The number of hydrogen-bond donors (Lipinski definition) is 0. The van der Waals surface area contributed by atoms with Gasteiger partial charge in [0.15, 0.2) is 0 Å². The quantitative estimate of drug-likeness (QED) is 0.733. The number of hydrogen-bond acceptors (Lipinski definition) is 6. The first-order valence-electron chi connectivity index (χ1n) is 12.3. The standard InChI is InChI=1S/C26H37N5O/c1-19-15-31(16-20(2)32-19)23-9-13-30(14-10-23)26-24-18-29(17-22-7-5-4-6-8-22)12-11-25(24)27-21(3)28-26/h4-8,19-20,23H,9-18H2,1-3H3. The Morgan fingerprint density at radius 2 is 1.69 bits per heavy atom. The number of aromatic nitrogens is 2. The van der Waals surface area contributed by atoms with E-state index in [2.05, 4.69) is 58.9 Å². The Morgan fingerprint density at radius 3 is 2.41 bits per heavy atom. The SMILES string of the molecule is Cc1nc2c(c(N3CCC(N4CC(C)OC(C)C4)CC3)n1)CN(Cc1ccccc1)CC2. The number of nitrogens with zero attached hydrogens (tertiary/aromatic N) is 5. The molecule has 0 aliphatic carbocycles. The highest BCUT2D eigenvalue weighted by molar-refractivity contribution is 5.50. The van der Waals surface area contributed by atoms with Gasteiger partial charge in [0.1, 0.15) is 11.6 Å². The molecule has 0 bridgehead atoms. The van der Waals surface area contributed by atoms with Gasteiger partial charge in [-0.25, -0.2) is 9.97 Å². The number of piperidine rings is 1. The number of morpholine rings is 1. The zero-order valence-electron chi connectivity index (χ0n) is 19.8. The van der Waals surface area contributed by atoms with Gasteiger partial charge in [0.25, 0.3) is 0 Å². The van der Waals surface area contributed by atoms with Crippen molar-refractivity contribution >= 4 is 5.82 Å². The second kappa shape index (κ2) is 9.46. The van der Waals surface area contributed by atoms with Crippen LogP contribution in [0.25, 0.3) is 0 Å². The molecule has 0 saturated carbocycles. The van der Waals surface area contributed by atoms with E-state index < -0.39 is 0 Å². The molecule has 32 heavy (non-hydrogen) atoms. The third-order valence-electron chi connectivity index (χ3n) is 7.21. The summed E-state index contributed by atoms with van der Waals surface area (Å²) < 4.78 is 5.95. The maximum atomic E-state index is 5.95. The zero-order chi connectivity index (χ0) is 22.1. The van der Waals surface area contributed by atoms with E-state index in [4.69, 9.17) is 14.7 Å². The summed E-state index contributed by atoms with van der Waals surface area (Å²) in [5.41, 5.74) is 3.99. The number of rotatable bonds is 4. The third kappa shape index (κ3) is 4.82. The number of ether oxygens (including phenoxy) is 1. The molecule has 6 nitrogen and oxygen atoms in total. The molecule has 2 unspecified atom stereocenters. The monoisotopic (exact) mass is 435 g/mol. The van der Waals surface area contributed by atoms with E-state index >= 15 is 0 Å². The molecule has 3 aliphatic rings. The molecule has 0 spiro atoms. The van der Waals surface area contributed by atoms with Crippen LogP contribution in [0.2, 0.25) is 0 Å². The smallest absolute Gasteiger partial charge is 0.137 e. The van der Waals surface area contributed by atoms with Crippen LogP contribution < -0.4 is 4.90 Å². The van der Waals surface area contributed by atoms with E-state index in [1.54, 1.807) is 0 Å². The summed E-state index contributed by atoms with van der Waals surface area (Å²) in [7, 11) is 0. The summed E-state index contributed by atoms with van der Waals surface area (Å²) in [5.74, 6) is 2.10. The second-order valence-electron chi connectivity index (χ2n) is 9.90. The highest BCUT2D eigenvalue weighted by atomic mass is 16.5. The van der Waals surface area contributed by atoms with Crippen molar-refractivity contribution < 1.29 is 4.74 Å². The van der Waals surface area contributed by atoms with Crippen molar-refractivity contribution in [2.24, 2.45) is 0 Å². The van der Waals surface area contributed by atoms with Crippen LogP contribution in [-0.4, -0.2) is 70.7 Å².